The molecule has 1 N–H and O–H groups in total. The largest absolute Gasteiger partial charge is 0.444 e. The van der Waals surface area contributed by atoms with Crippen molar-refractivity contribution in [3.63, 3.8) is 0 Å². The summed E-state index contributed by atoms with van der Waals surface area (Å²) in [5.74, 6) is -0.289. The van der Waals surface area contributed by atoms with Crippen molar-refractivity contribution in [2.45, 2.75) is 45.1 Å². The van der Waals surface area contributed by atoms with Crippen LogP contribution in [0.1, 0.15) is 45.1 Å². The van der Waals surface area contributed by atoms with Crippen LogP contribution in [0.15, 0.2) is 42.7 Å². The van der Waals surface area contributed by atoms with Crippen LogP contribution in [0.25, 0.3) is 10.4 Å². The molecule has 0 saturated carbocycles. The molecule has 3 heterocycles. The van der Waals surface area contributed by atoms with E-state index >= 15 is 0 Å². The minimum Gasteiger partial charge on any atom is -0.444 e. The molecule has 0 spiro atoms. The first-order valence-electron chi connectivity index (χ1n) is 10.8. The summed E-state index contributed by atoms with van der Waals surface area (Å²) in [5.41, 5.74) is 1.08. The van der Waals surface area contributed by atoms with E-state index < -0.39 is 17.2 Å². The van der Waals surface area contributed by atoms with Gasteiger partial charge in [0, 0.05) is 31.5 Å². The number of hydrogen-bond donors (Lipinski definition) is 1. The Hall–Kier alpha value is -3.07. The average Bonchev–Trinajstić information content (AvgIpc) is 3.21. The lowest BCUT2D eigenvalue weighted by molar-refractivity contribution is 0.0205. The number of carbonyl (C=O) groups is 1. The average molecular weight is 473 g/mol. The molecule has 33 heavy (non-hydrogen) atoms. The van der Waals surface area contributed by atoms with E-state index in [1.807, 2.05) is 32.9 Å². The number of benzene rings is 1. The maximum absolute atomic E-state index is 13.5. The number of rotatable bonds is 4. The second kappa shape index (κ2) is 9.43. The highest BCUT2D eigenvalue weighted by molar-refractivity contribution is 7.18. The van der Waals surface area contributed by atoms with Gasteiger partial charge in [-0.25, -0.2) is 23.5 Å². The van der Waals surface area contributed by atoms with Crippen molar-refractivity contribution in [3.05, 3.63) is 59.9 Å². The molecule has 9 heteroatoms. The van der Waals surface area contributed by atoms with Crippen molar-refractivity contribution >= 4 is 28.4 Å². The standard InChI is InChI=1S/C24H26F2N4O2S/c1-24(2,3)32-23(31)30-8-5-15(6-9-30)16-4-7-27-21(12-16)29-22-28-14-20(33-22)17-10-18(25)13-19(26)11-17/h4,7,10-15H,5-6,8-9H2,1-3H3,(H,27,28,29). The van der Waals surface area contributed by atoms with Gasteiger partial charge in [-0.05, 0) is 74.9 Å². The Balaban J connectivity index is 1.39. The number of carbonyl (C=O) groups excluding carboxylic acids is 1. The number of ether oxygens (including phenoxy) is 1. The fraction of sp³-hybridized carbons (Fsp3) is 0.375. The second-order valence-electron chi connectivity index (χ2n) is 9.03. The van der Waals surface area contributed by atoms with Crippen molar-refractivity contribution in [3.8, 4) is 10.4 Å². The summed E-state index contributed by atoms with van der Waals surface area (Å²) in [5, 5.41) is 3.76. The number of thiazole rings is 1. The molecule has 0 aliphatic carbocycles. The molecule has 174 valence electrons. The summed E-state index contributed by atoms with van der Waals surface area (Å²) < 4.78 is 32.5. The van der Waals surface area contributed by atoms with Gasteiger partial charge in [-0.1, -0.05) is 11.3 Å². The van der Waals surface area contributed by atoms with Crippen molar-refractivity contribution in [2.24, 2.45) is 0 Å². The van der Waals surface area contributed by atoms with Gasteiger partial charge in [0.25, 0.3) is 0 Å². The van der Waals surface area contributed by atoms with Crippen LogP contribution in [0.2, 0.25) is 0 Å². The number of pyridine rings is 1. The van der Waals surface area contributed by atoms with E-state index in [0.717, 1.165) is 24.5 Å². The minimum absolute atomic E-state index is 0.268. The van der Waals surface area contributed by atoms with E-state index in [1.54, 1.807) is 17.3 Å². The third-order valence-electron chi connectivity index (χ3n) is 5.29. The molecule has 0 atom stereocenters. The van der Waals surface area contributed by atoms with Gasteiger partial charge in [0.15, 0.2) is 5.13 Å². The Bertz CT molecular complexity index is 1120. The molecule has 1 fully saturated rings. The number of amides is 1. The minimum atomic E-state index is -0.625. The van der Waals surface area contributed by atoms with Gasteiger partial charge in [0.2, 0.25) is 0 Å². The van der Waals surface area contributed by atoms with Crippen LogP contribution in [0.5, 0.6) is 0 Å². The first-order chi connectivity index (χ1) is 15.7. The molecule has 0 radical (unpaired) electrons. The van der Waals surface area contributed by atoms with E-state index in [9.17, 15) is 13.6 Å². The Labute approximate surface area is 195 Å². The van der Waals surface area contributed by atoms with Crippen LogP contribution in [-0.4, -0.2) is 39.7 Å². The Morgan fingerprint density at radius 3 is 2.48 bits per heavy atom. The smallest absolute Gasteiger partial charge is 0.410 e. The maximum Gasteiger partial charge on any atom is 0.410 e. The third kappa shape index (κ3) is 6.04. The molecule has 4 rings (SSSR count). The first-order valence-corrected chi connectivity index (χ1v) is 11.6. The Morgan fingerprint density at radius 2 is 1.82 bits per heavy atom. The van der Waals surface area contributed by atoms with Crippen molar-refractivity contribution in [1.82, 2.24) is 14.9 Å². The monoisotopic (exact) mass is 472 g/mol. The zero-order valence-corrected chi connectivity index (χ0v) is 19.6. The van der Waals surface area contributed by atoms with Gasteiger partial charge in [-0.2, -0.15) is 0 Å². The molecule has 2 aromatic heterocycles. The van der Waals surface area contributed by atoms with Crippen molar-refractivity contribution in [2.75, 3.05) is 18.4 Å². The number of piperidine rings is 1. The Kier molecular flexibility index (Phi) is 6.60. The molecule has 0 bridgehead atoms. The number of hydrogen-bond acceptors (Lipinski definition) is 6. The van der Waals surface area contributed by atoms with Gasteiger partial charge in [-0.3, -0.25) is 0 Å². The number of aromatic nitrogens is 2. The van der Waals surface area contributed by atoms with Crippen molar-refractivity contribution < 1.29 is 18.3 Å². The number of nitrogens with one attached hydrogen (secondary N) is 1. The maximum atomic E-state index is 13.5. The molecule has 3 aromatic rings. The van der Waals surface area contributed by atoms with Gasteiger partial charge in [0.1, 0.15) is 23.1 Å². The zero-order valence-electron chi connectivity index (χ0n) is 18.8. The fourth-order valence-electron chi connectivity index (χ4n) is 3.76. The summed E-state index contributed by atoms with van der Waals surface area (Å²) in [6, 6.07) is 7.38. The molecule has 6 nitrogen and oxygen atoms in total. The van der Waals surface area contributed by atoms with Crippen LogP contribution >= 0.6 is 11.3 Å². The molecule has 1 amide bonds. The predicted octanol–water partition coefficient (Wildman–Crippen LogP) is 6.34. The highest BCUT2D eigenvalue weighted by atomic mass is 32.1. The molecule has 1 aliphatic heterocycles. The predicted molar refractivity (Wildman–Crippen MR) is 125 cm³/mol. The van der Waals surface area contributed by atoms with Crippen molar-refractivity contribution in [1.29, 1.82) is 0 Å². The number of halogens is 2. The lowest BCUT2D eigenvalue weighted by Crippen LogP contribution is -2.41. The van der Waals surface area contributed by atoms with E-state index in [0.29, 0.717) is 40.4 Å². The SMILES string of the molecule is CC(C)(C)OC(=O)N1CCC(c2ccnc(Nc3ncc(-c4cc(F)cc(F)c4)s3)c2)CC1. The molecule has 1 aromatic carbocycles. The van der Waals surface area contributed by atoms with Gasteiger partial charge < -0.3 is 15.0 Å². The van der Waals surface area contributed by atoms with Crippen LogP contribution in [0, 0.1) is 11.6 Å². The van der Waals surface area contributed by atoms with Gasteiger partial charge in [0.05, 0.1) is 4.88 Å². The lowest BCUT2D eigenvalue weighted by Gasteiger charge is -2.33. The highest BCUT2D eigenvalue weighted by Gasteiger charge is 2.27. The number of nitrogens with zero attached hydrogens (tertiary/aromatic N) is 3. The van der Waals surface area contributed by atoms with E-state index in [4.69, 9.17) is 4.74 Å². The quantitative estimate of drug-likeness (QED) is 0.480. The topological polar surface area (TPSA) is 67.3 Å². The summed E-state index contributed by atoms with van der Waals surface area (Å²) in [6.45, 7) is 6.89. The normalized spacial score (nSPS) is 14.9. The third-order valence-corrected chi connectivity index (χ3v) is 6.25. The zero-order chi connectivity index (χ0) is 23.6. The van der Waals surface area contributed by atoms with Gasteiger partial charge >= 0.3 is 6.09 Å². The molecule has 1 aliphatic rings. The highest BCUT2D eigenvalue weighted by Crippen LogP contribution is 2.33. The van der Waals surface area contributed by atoms with E-state index in [1.165, 1.54) is 23.5 Å². The van der Waals surface area contributed by atoms with Crippen LogP contribution in [0.4, 0.5) is 24.5 Å². The molecule has 1 saturated heterocycles. The summed E-state index contributed by atoms with van der Waals surface area (Å²) >= 11 is 1.29. The summed E-state index contributed by atoms with van der Waals surface area (Å²) in [4.78, 5) is 23.4. The van der Waals surface area contributed by atoms with E-state index in [-0.39, 0.29) is 6.09 Å². The Morgan fingerprint density at radius 1 is 1.12 bits per heavy atom. The first kappa shape index (κ1) is 23.1. The second-order valence-corrected chi connectivity index (χ2v) is 10.1. The van der Waals surface area contributed by atoms with Crippen LogP contribution in [-0.2, 0) is 4.74 Å². The number of anilines is 2. The van der Waals surface area contributed by atoms with Crippen LogP contribution < -0.4 is 5.32 Å². The van der Waals surface area contributed by atoms with Gasteiger partial charge in [-0.15, -0.1) is 0 Å². The fourth-order valence-corrected chi connectivity index (χ4v) is 4.57. The molecule has 0 unspecified atom stereocenters. The molecular weight excluding hydrogens is 446 g/mol. The van der Waals surface area contributed by atoms with E-state index in [2.05, 4.69) is 15.3 Å². The number of likely N-dealkylation sites (tertiary alicyclic amines) is 1. The summed E-state index contributed by atoms with van der Waals surface area (Å²) in [7, 11) is 0. The summed E-state index contributed by atoms with van der Waals surface area (Å²) in [6.07, 6.45) is 4.74. The molecular formula is C24H26F2N4O2S. The lowest BCUT2D eigenvalue weighted by atomic mass is 9.90. The van der Waals surface area contributed by atoms with Crippen LogP contribution in [0.3, 0.4) is 0 Å².